The average molecular weight is 281 g/mol. The van der Waals surface area contributed by atoms with Gasteiger partial charge in [0.25, 0.3) is 0 Å². The quantitative estimate of drug-likeness (QED) is 0.737. The summed E-state index contributed by atoms with van der Waals surface area (Å²) in [6.45, 7) is 9.53. The molecule has 5 nitrogen and oxygen atoms in total. The van der Waals surface area contributed by atoms with Crippen molar-refractivity contribution in [3.8, 4) is 0 Å². The van der Waals surface area contributed by atoms with E-state index < -0.39 is 0 Å². The minimum absolute atomic E-state index is 0.468. The number of fused-ring (bicyclic) bond motifs is 1. The summed E-state index contributed by atoms with van der Waals surface area (Å²) in [5, 5.41) is 3.40. The van der Waals surface area contributed by atoms with E-state index in [2.05, 4.69) is 23.7 Å². The molecule has 0 atom stereocenters. The summed E-state index contributed by atoms with van der Waals surface area (Å²) in [5.41, 5.74) is 2.66. The number of methoxy groups -OCH3 is 1. The van der Waals surface area contributed by atoms with Gasteiger partial charge in [0.1, 0.15) is 5.82 Å². The monoisotopic (exact) mass is 281 g/mol. The molecule has 1 aromatic heterocycles. The number of nitrogens with one attached hydrogen (secondary N) is 1. The summed E-state index contributed by atoms with van der Waals surface area (Å²) in [5.74, 6) is 1.69. The number of aromatic nitrogens is 2. The van der Waals surface area contributed by atoms with Crippen LogP contribution in [0.4, 0.5) is 0 Å². The van der Waals surface area contributed by atoms with E-state index in [1.165, 1.54) is 17.2 Å². The first-order valence-electron chi connectivity index (χ1n) is 7.59. The molecule has 0 bridgehead atoms. The fourth-order valence-electron chi connectivity index (χ4n) is 2.65. The van der Waals surface area contributed by atoms with E-state index in [9.17, 15) is 0 Å². The fraction of sp³-hybridized carbons (Fsp3) is 0.800. The molecule has 2 heterocycles. The van der Waals surface area contributed by atoms with Crippen molar-refractivity contribution < 1.29 is 9.47 Å². The Bertz CT molecular complexity index is 415. The lowest BCUT2D eigenvalue weighted by Gasteiger charge is -2.17. The predicted molar refractivity (Wildman–Crippen MR) is 79.0 cm³/mol. The third kappa shape index (κ3) is 3.81. The van der Waals surface area contributed by atoms with Crippen molar-refractivity contribution in [3.05, 3.63) is 17.2 Å². The Morgan fingerprint density at radius 3 is 2.90 bits per heavy atom. The zero-order valence-corrected chi connectivity index (χ0v) is 12.9. The molecule has 1 N–H and O–H groups in total. The second-order valence-electron chi connectivity index (χ2n) is 5.56. The van der Waals surface area contributed by atoms with Crippen molar-refractivity contribution in [3.63, 3.8) is 0 Å². The molecule has 2 rings (SSSR count). The van der Waals surface area contributed by atoms with Crippen molar-refractivity contribution in [2.75, 3.05) is 33.5 Å². The molecular formula is C15H27N3O2. The highest BCUT2D eigenvalue weighted by Gasteiger charge is 2.20. The van der Waals surface area contributed by atoms with Crippen molar-refractivity contribution in [1.82, 2.24) is 14.9 Å². The normalized spacial score (nSPS) is 14.8. The first kappa shape index (κ1) is 15.5. The van der Waals surface area contributed by atoms with Gasteiger partial charge in [-0.2, -0.15) is 0 Å². The number of rotatable bonds is 8. The summed E-state index contributed by atoms with van der Waals surface area (Å²) in [7, 11) is 1.70. The van der Waals surface area contributed by atoms with E-state index in [1.54, 1.807) is 7.11 Å². The third-order valence-corrected chi connectivity index (χ3v) is 3.63. The van der Waals surface area contributed by atoms with Crippen LogP contribution in [0.15, 0.2) is 0 Å². The van der Waals surface area contributed by atoms with Gasteiger partial charge in [-0.1, -0.05) is 13.8 Å². The van der Waals surface area contributed by atoms with E-state index in [0.717, 1.165) is 39.1 Å². The highest BCUT2D eigenvalue weighted by Crippen LogP contribution is 2.22. The standard InChI is InChI=1S/C15H27N3O2/c1-12(2)15-17-13-11-16-6-5-14(13)18(15)7-4-8-20-10-9-19-3/h12,16H,4-11H2,1-3H3. The van der Waals surface area contributed by atoms with E-state index >= 15 is 0 Å². The van der Waals surface area contributed by atoms with Gasteiger partial charge in [-0.05, 0) is 6.42 Å². The van der Waals surface area contributed by atoms with Gasteiger partial charge in [0.2, 0.25) is 0 Å². The van der Waals surface area contributed by atoms with Crippen LogP contribution in [0.5, 0.6) is 0 Å². The smallest absolute Gasteiger partial charge is 0.111 e. The lowest BCUT2D eigenvalue weighted by molar-refractivity contribution is 0.0678. The SMILES string of the molecule is COCCOCCCn1c(C(C)C)nc2c1CCNC2. The van der Waals surface area contributed by atoms with Crippen LogP contribution in [0.1, 0.15) is 43.4 Å². The van der Waals surface area contributed by atoms with E-state index in [-0.39, 0.29) is 0 Å². The largest absolute Gasteiger partial charge is 0.382 e. The molecule has 0 spiro atoms. The second-order valence-corrected chi connectivity index (χ2v) is 5.56. The molecule has 114 valence electrons. The minimum Gasteiger partial charge on any atom is -0.382 e. The second kappa shape index (κ2) is 7.76. The van der Waals surface area contributed by atoms with Crippen LogP contribution in [0, 0.1) is 0 Å². The maximum Gasteiger partial charge on any atom is 0.111 e. The van der Waals surface area contributed by atoms with Gasteiger partial charge in [0, 0.05) is 51.4 Å². The predicted octanol–water partition coefficient (Wildman–Crippen LogP) is 1.71. The molecule has 1 aliphatic heterocycles. The van der Waals surface area contributed by atoms with E-state index in [4.69, 9.17) is 14.5 Å². The van der Waals surface area contributed by atoms with Gasteiger partial charge in [-0.3, -0.25) is 0 Å². The Balaban J connectivity index is 1.93. The molecule has 0 aromatic carbocycles. The van der Waals surface area contributed by atoms with Crippen molar-refractivity contribution in [1.29, 1.82) is 0 Å². The zero-order chi connectivity index (χ0) is 14.4. The van der Waals surface area contributed by atoms with Crippen molar-refractivity contribution in [2.45, 2.75) is 45.7 Å². The maximum absolute atomic E-state index is 5.55. The Labute approximate surface area is 121 Å². The molecule has 5 heteroatoms. The zero-order valence-electron chi connectivity index (χ0n) is 12.9. The van der Waals surface area contributed by atoms with Crippen LogP contribution in [-0.2, 0) is 29.0 Å². The van der Waals surface area contributed by atoms with Crippen LogP contribution in [0.3, 0.4) is 0 Å². The van der Waals surface area contributed by atoms with Gasteiger partial charge in [0.05, 0.1) is 18.9 Å². The average Bonchev–Trinajstić information content (AvgIpc) is 2.82. The molecule has 0 aliphatic carbocycles. The molecule has 0 unspecified atom stereocenters. The molecule has 20 heavy (non-hydrogen) atoms. The highest BCUT2D eigenvalue weighted by atomic mass is 16.5. The first-order chi connectivity index (χ1) is 9.74. The van der Waals surface area contributed by atoms with Gasteiger partial charge in [0.15, 0.2) is 0 Å². The number of hydrogen-bond donors (Lipinski definition) is 1. The molecule has 0 amide bonds. The van der Waals surface area contributed by atoms with Gasteiger partial charge >= 0.3 is 0 Å². The summed E-state index contributed by atoms with van der Waals surface area (Å²) >= 11 is 0. The summed E-state index contributed by atoms with van der Waals surface area (Å²) in [4.78, 5) is 4.82. The Morgan fingerprint density at radius 2 is 2.15 bits per heavy atom. The summed E-state index contributed by atoms with van der Waals surface area (Å²) < 4.78 is 12.9. The molecule has 1 aliphatic rings. The minimum atomic E-state index is 0.468. The topological polar surface area (TPSA) is 48.3 Å². The van der Waals surface area contributed by atoms with Crippen LogP contribution in [0.25, 0.3) is 0 Å². The molecule has 0 saturated carbocycles. The third-order valence-electron chi connectivity index (χ3n) is 3.63. The molecule has 0 radical (unpaired) electrons. The fourth-order valence-corrected chi connectivity index (χ4v) is 2.65. The first-order valence-corrected chi connectivity index (χ1v) is 7.59. The van der Waals surface area contributed by atoms with Crippen molar-refractivity contribution in [2.24, 2.45) is 0 Å². The molecular weight excluding hydrogens is 254 g/mol. The Morgan fingerprint density at radius 1 is 1.30 bits per heavy atom. The van der Waals surface area contributed by atoms with Crippen LogP contribution in [-0.4, -0.2) is 43.0 Å². The lowest BCUT2D eigenvalue weighted by atomic mass is 10.1. The Kier molecular flexibility index (Phi) is 6.01. The van der Waals surface area contributed by atoms with Crippen LogP contribution < -0.4 is 5.32 Å². The summed E-state index contributed by atoms with van der Waals surface area (Å²) in [6, 6.07) is 0. The number of hydrogen-bond acceptors (Lipinski definition) is 4. The maximum atomic E-state index is 5.55. The van der Waals surface area contributed by atoms with Crippen molar-refractivity contribution >= 4 is 0 Å². The van der Waals surface area contributed by atoms with Gasteiger partial charge in [-0.25, -0.2) is 4.98 Å². The molecule has 0 fully saturated rings. The number of imidazole rings is 1. The number of ether oxygens (including phenoxy) is 2. The van der Waals surface area contributed by atoms with E-state index in [1.807, 2.05) is 0 Å². The van der Waals surface area contributed by atoms with E-state index in [0.29, 0.717) is 19.1 Å². The summed E-state index contributed by atoms with van der Waals surface area (Å²) in [6.07, 6.45) is 2.11. The molecule has 1 aromatic rings. The van der Waals surface area contributed by atoms with Gasteiger partial charge in [-0.15, -0.1) is 0 Å². The Hall–Kier alpha value is -0.910. The molecule has 0 saturated heterocycles. The highest BCUT2D eigenvalue weighted by molar-refractivity contribution is 5.21. The van der Waals surface area contributed by atoms with Crippen LogP contribution in [0.2, 0.25) is 0 Å². The number of nitrogens with zero attached hydrogens (tertiary/aromatic N) is 2. The lowest BCUT2D eigenvalue weighted by Crippen LogP contribution is -2.25. The van der Waals surface area contributed by atoms with Crippen LogP contribution >= 0.6 is 0 Å². The van der Waals surface area contributed by atoms with Gasteiger partial charge < -0.3 is 19.4 Å².